The van der Waals surface area contributed by atoms with Gasteiger partial charge in [-0.1, -0.05) is 42.5 Å². The predicted octanol–water partition coefficient (Wildman–Crippen LogP) is 4.63. The second-order valence-electron chi connectivity index (χ2n) is 5.96. The molecule has 4 rings (SSSR count). The zero-order valence-electron chi connectivity index (χ0n) is 13.1. The first-order valence-corrected chi connectivity index (χ1v) is 8.75. The summed E-state index contributed by atoms with van der Waals surface area (Å²) in [5, 5.41) is 1.23. The lowest BCUT2D eigenvalue weighted by Gasteiger charge is -2.26. The quantitative estimate of drug-likeness (QED) is 0.700. The molecule has 0 unspecified atom stereocenters. The molecule has 1 N–H and O–H groups in total. The molecule has 122 valence electrons. The zero-order chi connectivity index (χ0) is 16.5. The Balaban J connectivity index is 1.49. The topological polar surface area (TPSA) is 45.3 Å². The predicted molar refractivity (Wildman–Crippen MR) is 96.7 cm³/mol. The van der Waals surface area contributed by atoms with Crippen LogP contribution in [0.5, 0.6) is 0 Å². The van der Waals surface area contributed by atoms with Crippen LogP contribution in [0.2, 0.25) is 0 Å². The lowest BCUT2D eigenvalue weighted by Crippen LogP contribution is -2.36. The van der Waals surface area contributed by atoms with Gasteiger partial charge in [-0.3, -0.25) is 0 Å². The van der Waals surface area contributed by atoms with Gasteiger partial charge in [0.05, 0.1) is 12.1 Å². The maximum atomic E-state index is 12.3. The van der Waals surface area contributed by atoms with E-state index < -0.39 is 0 Å². The lowest BCUT2D eigenvalue weighted by molar-refractivity contribution is 0.0915. The molecule has 2 heterocycles. The Morgan fingerprint density at radius 1 is 1.17 bits per heavy atom. The Hall–Kier alpha value is -2.27. The molecule has 0 bridgehead atoms. The molecule has 24 heavy (non-hydrogen) atoms. The van der Waals surface area contributed by atoms with Crippen LogP contribution in [-0.2, 0) is 24.3 Å². The molecular weight excluding hydrogens is 368 g/mol. The molecule has 5 heteroatoms. The molecule has 0 aliphatic carbocycles. The zero-order valence-corrected chi connectivity index (χ0v) is 14.7. The van der Waals surface area contributed by atoms with Crippen LogP contribution in [0, 0.1) is 0 Å². The van der Waals surface area contributed by atoms with Crippen molar-refractivity contribution in [3.63, 3.8) is 0 Å². The van der Waals surface area contributed by atoms with Gasteiger partial charge < -0.3 is 14.6 Å². The van der Waals surface area contributed by atoms with E-state index in [-0.39, 0.29) is 6.09 Å². The summed E-state index contributed by atoms with van der Waals surface area (Å²) < 4.78 is 6.49. The van der Waals surface area contributed by atoms with Gasteiger partial charge in [-0.25, -0.2) is 4.79 Å². The Bertz CT molecular complexity index is 889. The monoisotopic (exact) mass is 384 g/mol. The van der Waals surface area contributed by atoms with Crippen LogP contribution in [0.15, 0.2) is 53.0 Å². The first kappa shape index (κ1) is 15.3. The van der Waals surface area contributed by atoms with E-state index in [1.807, 2.05) is 42.5 Å². The van der Waals surface area contributed by atoms with Crippen LogP contribution in [0.4, 0.5) is 4.79 Å². The molecule has 2 aromatic carbocycles. The van der Waals surface area contributed by atoms with Crippen molar-refractivity contribution in [1.29, 1.82) is 0 Å². The lowest BCUT2D eigenvalue weighted by atomic mass is 10.0. The number of H-pyrrole nitrogens is 1. The SMILES string of the molecule is O=C(OCc1ccccc1)N1CCc2c([nH]c3c(Br)cccc23)C1. The molecule has 3 aromatic rings. The van der Waals surface area contributed by atoms with Crippen molar-refractivity contribution in [2.24, 2.45) is 0 Å². The molecule has 1 amide bonds. The van der Waals surface area contributed by atoms with Crippen molar-refractivity contribution in [3.05, 3.63) is 69.8 Å². The van der Waals surface area contributed by atoms with E-state index in [2.05, 4.69) is 27.0 Å². The van der Waals surface area contributed by atoms with Crippen LogP contribution in [0.3, 0.4) is 0 Å². The number of nitrogens with one attached hydrogen (secondary N) is 1. The molecule has 0 saturated carbocycles. The van der Waals surface area contributed by atoms with Crippen LogP contribution < -0.4 is 0 Å². The third-order valence-corrected chi connectivity index (χ3v) is 5.08. The highest BCUT2D eigenvalue weighted by molar-refractivity contribution is 9.10. The average Bonchev–Trinajstić information content (AvgIpc) is 3.00. The number of halogens is 1. The molecule has 0 radical (unpaired) electrons. The minimum absolute atomic E-state index is 0.262. The number of rotatable bonds is 2. The fourth-order valence-corrected chi connectivity index (χ4v) is 3.66. The first-order valence-electron chi connectivity index (χ1n) is 7.96. The minimum atomic E-state index is -0.262. The summed E-state index contributed by atoms with van der Waals surface area (Å²) >= 11 is 3.58. The fourth-order valence-electron chi connectivity index (χ4n) is 3.20. The van der Waals surface area contributed by atoms with Crippen LogP contribution in [-0.4, -0.2) is 22.5 Å². The van der Waals surface area contributed by atoms with Gasteiger partial charge in [0.2, 0.25) is 0 Å². The third-order valence-electron chi connectivity index (χ3n) is 4.42. The van der Waals surface area contributed by atoms with Crippen LogP contribution in [0.25, 0.3) is 10.9 Å². The second-order valence-corrected chi connectivity index (χ2v) is 6.81. The van der Waals surface area contributed by atoms with Gasteiger partial charge in [0, 0.05) is 22.1 Å². The van der Waals surface area contributed by atoms with E-state index in [4.69, 9.17) is 4.74 Å². The second kappa shape index (κ2) is 6.32. The first-order chi connectivity index (χ1) is 11.7. The van der Waals surface area contributed by atoms with Gasteiger partial charge in [0.25, 0.3) is 0 Å². The molecule has 0 spiro atoms. The van der Waals surface area contributed by atoms with Crippen molar-refractivity contribution in [3.8, 4) is 0 Å². The summed E-state index contributed by atoms with van der Waals surface area (Å²) in [6.45, 7) is 1.55. The number of aromatic amines is 1. The Morgan fingerprint density at radius 3 is 2.83 bits per heavy atom. The van der Waals surface area contributed by atoms with Crippen molar-refractivity contribution in [2.45, 2.75) is 19.6 Å². The largest absolute Gasteiger partial charge is 0.445 e. The van der Waals surface area contributed by atoms with Crippen molar-refractivity contribution in [1.82, 2.24) is 9.88 Å². The molecular formula is C19H17BrN2O2. The number of hydrogen-bond donors (Lipinski definition) is 1. The number of carbonyl (C=O) groups is 1. The van der Waals surface area contributed by atoms with Crippen molar-refractivity contribution < 1.29 is 9.53 Å². The van der Waals surface area contributed by atoms with Gasteiger partial charge >= 0.3 is 6.09 Å². The van der Waals surface area contributed by atoms with Crippen LogP contribution in [0.1, 0.15) is 16.8 Å². The summed E-state index contributed by atoms with van der Waals surface area (Å²) in [6, 6.07) is 15.9. The summed E-state index contributed by atoms with van der Waals surface area (Å²) in [7, 11) is 0. The highest BCUT2D eigenvalue weighted by Crippen LogP contribution is 2.31. The number of carbonyl (C=O) groups excluding carboxylic acids is 1. The Morgan fingerprint density at radius 2 is 2.00 bits per heavy atom. The molecule has 1 aromatic heterocycles. The highest BCUT2D eigenvalue weighted by Gasteiger charge is 2.25. The minimum Gasteiger partial charge on any atom is -0.445 e. The van der Waals surface area contributed by atoms with E-state index in [9.17, 15) is 4.79 Å². The van der Waals surface area contributed by atoms with Crippen molar-refractivity contribution >= 4 is 32.9 Å². The number of fused-ring (bicyclic) bond motifs is 3. The van der Waals surface area contributed by atoms with Gasteiger partial charge in [-0.2, -0.15) is 0 Å². The number of hydrogen-bond acceptors (Lipinski definition) is 2. The molecule has 4 nitrogen and oxygen atoms in total. The smallest absolute Gasteiger partial charge is 0.410 e. The maximum absolute atomic E-state index is 12.3. The Kier molecular flexibility index (Phi) is 4.02. The van der Waals surface area contributed by atoms with E-state index in [0.717, 1.165) is 27.7 Å². The number of para-hydroxylation sites is 1. The van der Waals surface area contributed by atoms with Crippen LogP contribution >= 0.6 is 15.9 Å². The highest BCUT2D eigenvalue weighted by atomic mass is 79.9. The van der Waals surface area contributed by atoms with E-state index in [1.54, 1.807) is 4.90 Å². The summed E-state index contributed by atoms with van der Waals surface area (Å²) in [5.41, 5.74) is 4.50. The Labute approximate surface area is 148 Å². The third kappa shape index (κ3) is 2.80. The molecule has 1 aliphatic rings. The number of nitrogens with zero attached hydrogens (tertiary/aromatic N) is 1. The summed E-state index contributed by atoms with van der Waals surface area (Å²) in [6.07, 6.45) is 0.578. The normalized spacial score (nSPS) is 13.8. The number of amides is 1. The number of ether oxygens (including phenoxy) is 1. The van der Waals surface area contributed by atoms with E-state index in [0.29, 0.717) is 19.7 Å². The number of aromatic nitrogens is 1. The van der Waals surface area contributed by atoms with Gasteiger partial charge in [0.15, 0.2) is 0 Å². The maximum Gasteiger partial charge on any atom is 0.410 e. The summed E-state index contributed by atoms with van der Waals surface area (Å²) in [5.74, 6) is 0. The van der Waals surface area contributed by atoms with E-state index >= 15 is 0 Å². The van der Waals surface area contributed by atoms with Gasteiger partial charge in [-0.15, -0.1) is 0 Å². The van der Waals surface area contributed by atoms with Gasteiger partial charge in [0.1, 0.15) is 6.61 Å². The van der Waals surface area contributed by atoms with E-state index in [1.165, 1.54) is 10.9 Å². The van der Waals surface area contributed by atoms with Gasteiger partial charge in [-0.05, 0) is 39.5 Å². The molecule has 0 saturated heterocycles. The summed E-state index contributed by atoms with van der Waals surface area (Å²) in [4.78, 5) is 17.5. The molecule has 0 atom stereocenters. The number of benzene rings is 2. The molecule has 0 fully saturated rings. The average molecular weight is 385 g/mol. The van der Waals surface area contributed by atoms with Crippen molar-refractivity contribution in [2.75, 3.05) is 6.54 Å². The molecule has 1 aliphatic heterocycles. The fraction of sp³-hybridized carbons (Fsp3) is 0.211. The standard InChI is InChI=1S/C19H17BrN2O2/c20-16-8-4-7-15-14-9-10-22(11-17(14)21-18(15)16)19(23)24-12-13-5-2-1-3-6-13/h1-8,21H,9-12H2.